The number of furan rings is 1. The Balaban J connectivity index is 1.63. The minimum Gasteiger partial charge on any atom is -0.467 e. The van der Waals surface area contributed by atoms with Crippen LogP contribution in [0, 0.1) is 0 Å². The lowest BCUT2D eigenvalue weighted by Gasteiger charge is -2.37. The fourth-order valence-electron chi connectivity index (χ4n) is 2.99. The van der Waals surface area contributed by atoms with Crippen LogP contribution in [-0.2, 0) is 11.3 Å². The van der Waals surface area contributed by atoms with Gasteiger partial charge in [0.1, 0.15) is 18.1 Å². The van der Waals surface area contributed by atoms with E-state index in [9.17, 15) is 0 Å². The molecule has 3 rings (SSSR count). The summed E-state index contributed by atoms with van der Waals surface area (Å²) in [5, 5.41) is 3.48. The predicted molar refractivity (Wildman–Crippen MR) is 102 cm³/mol. The Morgan fingerprint density at radius 3 is 2.77 bits per heavy atom. The van der Waals surface area contributed by atoms with Crippen LogP contribution in [0.4, 0.5) is 5.82 Å². The number of aromatic nitrogens is 1. The highest BCUT2D eigenvalue weighted by atomic mass is 16.5. The maximum atomic E-state index is 5.40. The zero-order chi connectivity index (χ0) is 18.2. The average Bonchev–Trinajstić information content (AvgIpc) is 3.20. The molecule has 1 aliphatic rings. The first kappa shape index (κ1) is 18.3. The Bertz CT molecular complexity index is 667. The number of pyridine rings is 1. The number of methoxy groups -OCH3 is 1. The highest BCUT2D eigenvalue weighted by Gasteiger charge is 2.21. The molecule has 3 heterocycles. The van der Waals surface area contributed by atoms with Gasteiger partial charge in [0, 0.05) is 45.5 Å². The van der Waals surface area contributed by atoms with Crippen LogP contribution in [0.1, 0.15) is 12.7 Å². The van der Waals surface area contributed by atoms with E-state index >= 15 is 0 Å². The summed E-state index contributed by atoms with van der Waals surface area (Å²) in [5.74, 6) is 2.78. The lowest BCUT2D eigenvalue weighted by molar-refractivity contribution is 0.177. The molecule has 1 N–H and O–H groups in total. The van der Waals surface area contributed by atoms with Crippen LogP contribution < -0.4 is 10.2 Å². The molecule has 2 aromatic heterocycles. The van der Waals surface area contributed by atoms with E-state index in [4.69, 9.17) is 14.1 Å². The van der Waals surface area contributed by atoms with Gasteiger partial charge in [-0.05, 0) is 31.2 Å². The standard InChI is InChI=1S/C19H27N5O2/c1-16(15-25-2)22-19(21-14-17-6-5-13-26-17)24-11-9-23(10-12-24)18-7-3-4-8-20-18/h3-8,13,16H,9-12,14-15H2,1-2H3,(H,21,22). The third-order valence-corrected chi connectivity index (χ3v) is 4.31. The quantitative estimate of drug-likeness (QED) is 0.630. The van der Waals surface area contributed by atoms with Gasteiger partial charge in [-0.2, -0.15) is 0 Å². The van der Waals surface area contributed by atoms with Crippen molar-refractivity contribution in [3.8, 4) is 0 Å². The number of hydrogen-bond donors (Lipinski definition) is 1. The summed E-state index contributed by atoms with van der Waals surface area (Å²) in [4.78, 5) is 13.8. The summed E-state index contributed by atoms with van der Waals surface area (Å²) in [5.41, 5.74) is 0. The first-order chi connectivity index (χ1) is 12.8. The number of anilines is 1. The van der Waals surface area contributed by atoms with E-state index < -0.39 is 0 Å². The van der Waals surface area contributed by atoms with Crippen LogP contribution in [0.5, 0.6) is 0 Å². The molecule has 140 valence electrons. The minimum atomic E-state index is 0.184. The zero-order valence-electron chi connectivity index (χ0n) is 15.5. The monoisotopic (exact) mass is 357 g/mol. The zero-order valence-corrected chi connectivity index (χ0v) is 15.5. The van der Waals surface area contributed by atoms with Crippen molar-refractivity contribution >= 4 is 11.8 Å². The van der Waals surface area contributed by atoms with Gasteiger partial charge in [0.05, 0.1) is 12.9 Å². The fourth-order valence-corrected chi connectivity index (χ4v) is 2.99. The van der Waals surface area contributed by atoms with Crippen molar-refractivity contribution in [3.05, 3.63) is 48.6 Å². The number of aliphatic imine (C=N–C) groups is 1. The molecular weight excluding hydrogens is 330 g/mol. The molecule has 26 heavy (non-hydrogen) atoms. The van der Waals surface area contributed by atoms with Crippen LogP contribution in [0.2, 0.25) is 0 Å². The van der Waals surface area contributed by atoms with E-state index in [2.05, 4.69) is 33.1 Å². The fraction of sp³-hybridized carbons (Fsp3) is 0.474. The largest absolute Gasteiger partial charge is 0.467 e. The number of hydrogen-bond acceptors (Lipinski definition) is 5. The van der Waals surface area contributed by atoms with Gasteiger partial charge in [0.15, 0.2) is 5.96 Å². The molecule has 0 spiro atoms. The van der Waals surface area contributed by atoms with Crippen molar-refractivity contribution in [2.75, 3.05) is 44.8 Å². The minimum absolute atomic E-state index is 0.184. The molecule has 7 nitrogen and oxygen atoms in total. The topological polar surface area (TPSA) is 66.1 Å². The molecule has 1 atom stereocenters. The van der Waals surface area contributed by atoms with E-state index in [0.29, 0.717) is 13.2 Å². The van der Waals surface area contributed by atoms with Crippen molar-refractivity contribution in [1.82, 2.24) is 15.2 Å². The lowest BCUT2D eigenvalue weighted by atomic mass is 10.3. The Kier molecular flexibility index (Phi) is 6.49. The van der Waals surface area contributed by atoms with Gasteiger partial charge in [0.25, 0.3) is 0 Å². The Hall–Kier alpha value is -2.54. The summed E-state index contributed by atoms with van der Waals surface area (Å²) in [6, 6.07) is 10.0. The van der Waals surface area contributed by atoms with Crippen LogP contribution in [0.3, 0.4) is 0 Å². The normalized spacial score (nSPS) is 16.6. The van der Waals surface area contributed by atoms with Crippen LogP contribution in [-0.4, -0.2) is 61.8 Å². The van der Waals surface area contributed by atoms with Crippen LogP contribution >= 0.6 is 0 Å². The number of piperazine rings is 1. The highest BCUT2D eigenvalue weighted by Crippen LogP contribution is 2.13. The molecule has 0 bridgehead atoms. The van der Waals surface area contributed by atoms with Crippen molar-refractivity contribution in [1.29, 1.82) is 0 Å². The third kappa shape index (κ3) is 4.98. The van der Waals surface area contributed by atoms with E-state index in [1.54, 1.807) is 13.4 Å². The molecule has 0 saturated carbocycles. The second-order valence-corrected chi connectivity index (χ2v) is 6.38. The molecule has 0 radical (unpaired) electrons. The lowest BCUT2D eigenvalue weighted by Crippen LogP contribution is -2.54. The van der Waals surface area contributed by atoms with E-state index in [1.165, 1.54) is 0 Å². The van der Waals surface area contributed by atoms with Crippen molar-refractivity contribution in [2.24, 2.45) is 4.99 Å². The molecule has 1 fully saturated rings. The average molecular weight is 357 g/mol. The number of guanidine groups is 1. The highest BCUT2D eigenvalue weighted by molar-refractivity contribution is 5.80. The summed E-state index contributed by atoms with van der Waals surface area (Å²) in [6.45, 7) is 6.86. The van der Waals surface area contributed by atoms with Crippen LogP contribution in [0.25, 0.3) is 0 Å². The Morgan fingerprint density at radius 2 is 2.12 bits per heavy atom. The smallest absolute Gasteiger partial charge is 0.194 e. The van der Waals surface area contributed by atoms with Crippen molar-refractivity contribution in [3.63, 3.8) is 0 Å². The Labute approximate surface area is 154 Å². The SMILES string of the molecule is COCC(C)NC(=NCc1ccco1)N1CCN(c2ccccn2)CC1. The van der Waals surface area contributed by atoms with E-state index in [0.717, 1.165) is 43.7 Å². The van der Waals surface area contributed by atoms with Gasteiger partial charge >= 0.3 is 0 Å². The molecule has 1 aliphatic heterocycles. The predicted octanol–water partition coefficient (Wildman–Crippen LogP) is 1.98. The molecule has 7 heteroatoms. The Morgan fingerprint density at radius 1 is 1.27 bits per heavy atom. The van der Waals surface area contributed by atoms with Crippen molar-refractivity contribution in [2.45, 2.75) is 19.5 Å². The van der Waals surface area contributed by atoms with E-state index in [-0.39, 0.29) is 6.04 Å². The van der Waals surface area contributed by atoms with Gasteiger partial charge in [-0.25, -0.2) is 9.98 Å². The molecule has 2 aromatic rings. The van der Waals surface area contributed by atoms with Gasteiger partial charge in [-0.15, -0.1) is 0 Å². The maximum absolute atomic E-state index is 5.40. The summed E-state index contributed by atoms with van der Waals surface area (Å²) in [6.07, 6.45) is 3.52. The van der Waals surface area contributed by atoms with Crippen LogP contribution in [0.15, 0.2) is 52.2 Å². The van der Waals surface area contributed by atoms with Gasteiger partial charge in [-0.1, -0.05) is 6.07 Å². The first-order valence-electron chi connectivity index (χ1n) is 8.99. The van der Waals surface area contributed by atoms with Crippen molar-refractivity contribution < 1.29 is 9.15 Å². The van der Waals surface area contributed by atoms with Gasteiger partial charge in [0.2, 0.25) is 0 Å². The molecule has 1 unspecified atom stereocenters. The van der Waals surface area contributed by atoms with E-state index in [1.807, 2.05) is 30.5 Å². The second-order valence-electron chi connectivity index (χ2n) is 6.38. The summed E-state index contributed by atoms with van der Waals surface area (Å²) < 4.78 is 10.7. The summed E-state index contributed by atoms with van der Waals surface area (Å²) in [7, 11) is 1.71. The molecular formula is C19H27N5O2. The third-order valence-electron chi connectivity index (χ3n) is 4.31. The van der Waals surface area contributed by atoms with Gasteiger partial charge < -0.3 is 24.3 Å². The first-order valence-corrected chi connectivity index (χ1v) is 8.99. The molecule has 0 aliphatic carbocycles. The second kappa shape index (κ2) is 9.24. The molecule has 0 aromatic carbocycles. The molecule has 1 saturated heterocycles. The molecule has 0 amide bonds. The number of rotatable bonds is 6. The number of ether oxygens (including phenoxy) is 1. The summed E-state index contributed by atoms with van der Waals surface area (Å²) >= 11 is 0. The number of nitrogens with one attached hydrogen (secondary N) is 1. The van der Waals surface area contributed by atoms with Gasteiger partial charge in [-0.3, -0.25) is 0 Å². The number of nitrogens with zero attached hydrogens (tertiary/aromatic N) is 4. The maximum Gasteiger partial charge on any atom is 0.194 e.